The lowest BCUT2D eigenvalue weighted by atomic mass is 10.1. The van der Waals surface area contributed by atoms with Crippen molar-refractivity contribution in [3.8, 4) is 5.88 Å². The highest BCUT2D eigenvalue weighted by Gasteiger charge is 2.16. The minimum Gasteiger partial charge on any atom is -0.472 e. The maximum Gasteiger partial charge on any atom is 0.227 e. The van der Waals surface area contributed by atoms with Gasteiger partial charge in [0.1, 0.15) is 24.4 Å². The molecule has 0 aliphatic rings. The number of allylic oxidation sites excluding steroid dienone is 1. The molecule has 0 aliphatic carbocycles. The van der Waals surface area contributed by atoms with Crippen molar-refractivity contribution in [2.24, 2.45) is 0 Å². The van der Waals surface area contributed by atoms with Gasteiger partial charge in [-0.3, -0.25) is 4.79 Å². The Hall–Kier alpha value is -3.06. The fourth-order valence-corrected chi connectivity index (χ4v) is 2.48. The maximum atomic E-state index is 13.3. The molecule has 0 fully saturated rings. The second-order valence-corrected chi connectivity index (χ2v) is 6.05. The van der Waals surface area contributed by atoms with E-state index in [-0.39, 0.29) is 24.1 Å². The zero-order chi connectivity index (χ0) is 18.5. The van der Waals surface area contributed by atoms with Crippen molar-refractivity contribution in [2.75, 3.05) is 20.6 Å². The summed E-state index contributed by atoms with van der Waals surface area (Å²) in [5.74, 6) is -0.212. The Kier molecular flexibility index (Phi) is 5.38. The van der Waals surface area contributed by atoms with Gasteiger partial charge < -0.3 is 14.6 Å². The number of hydrogen-bond donors (Lipinski definition) is 1. The van der Waals surface area contributed by atoms with Crippen molar-refractivity contribution < 1.29 is 13.9 Å². The van der Waals surface area contributed by atoms with E-state index in [0.717, 1.165) is 0 Å². The van der Waals surface area contributed by atoms with Crippen molar-refractivity contribution in [2.45, 2.75) is 6.61 Å². The van der Waals surface area contributed by atoms with Gasteiger partial charge in [-0.2, -0.15) is 0 Å². The third-order valence-electron chi connectivity index (χ3n) is 3.70. The van der Waals surface area contributed by atoms with Gasteiger partial charge in [-0.1, -0.05) is 18.2 Å². The van der Waals surface area contributed by atoms with Crippen molar-refractivity contribution in [1.29, 1.82) is 0 Å². The molecule has 0 radical (unpaired) electrons. The van der Waals surface area contributed by atoms with Crippen LogP contribution >= 0.6 is 0 Å². The molecule has 0 unspecified atom stereocenters. The maximum absolute atomic E-state index is 13.3. The van der Waals surface area contributed by atoms with E-state index in [1.165, 1.54) is 24.5 Å². The van der Waals surface area contributed by atoms with Crippen molar-refractivity contribution >= 4 is 16.8 Å². The molecular weight excluding hydrogens is 335 g/mol. The first-order valence-corrected chi connectivity index (χ1v) is 8.09. The molecule has 0 bridgehead atoms. The summed E-state index contributed by atoms with van der Waals surface area (Å²) in [5.41, 5.74) is 1.62. The minimum atomic E-state index is -0.331. The summed E-state index contributed by atoms with van der Waals surface area (Å²) >= 11 is 0. The monoisotopic (exact) mass is 354 g/mol. The molecule has 0 spiro atoms. The van der Waals surface area contributed by atoms with Crippen LogP contribution in [-0.2, 0) is 6.61 Å². The number of rotatable bonds is 7. The number of H-pyrrole nitrogens is 1. The van der Waals surface area contributed by atoms with E-state index in [0.29, 0.717) is 28.7 Å². The molecule has 7 heteroatoms. The van der Waals surface area contributed by atoms with Crippen LogP contribution in [-0.4, -0.2) is 46.3 Å². The van der Waals surface area contributed by atoms with Gasteiger partial charge in [-0.15, -0.1) is 0 Å². The summed E-state index contributed by atoms with van der Waals surface area (Å²) in [6.45, 7) is 0.798. The van der Waals surface area contributed by atoms with E-state index < -0.39 is 0 Å². The molecule has 3 aromatic rings. The Balaban J connectivity index is 1.85. The number of ether oxygens (including phenoxy) is 1. The van der Waals surface area contributed by atoms with Gasteiger partial charge >= 0.3 is 0 Å². The molecule has 1 N–H and O–H groups in total. The molecule has 0 aliphatic heterocycles. The third kappa shape index (κ3) is 4.12. The fourth-order valence-electron chi connectivity index (χ4n) is 2.48. The Morgan fingerprint density at radius 1 is 1.35 bits per heavy atom. The number of ketones is 1. The van der Waals surface area contributed by atoms with Crippen LogP contribution in [0.2, 0.25) is 0 Å². The summed E-state index contributed by atoms with van der Waals surface area (Å²) in [6.07, 6.45) is 6.26. The topological polar surface area (TPSA) is 71.1 Å². The van der Waals surface area contributed by atoms with E-state index in [4.69, 9.17) is 4.74 Å². The van der Waals surface area contributed by atoms with E-state index in [1.807, 2.05) is 19.0 Å². The average molecular weight is 354 g/mol. The Bertz CT molecular complexity index is 950. The summed E-state index contributed by atoms with van der Waals surface area (Å²) in [4.78, 5) is 25.7. The van der Waals surface area contributed by atoms with Crippen LogP contribution in [0.15, 0.2) is 48.9 Å². The summed E-state index contributed by atoms with van der Waals surface area (Å²) < 4.78 is 19.0. The van der Waals surface area contributed by atoms with Gasteiger partial charge in [0.25, 0.3) is 0 Å². The highest BCUT2D eigenvalue weighted by molar-refractivity contribution is 6.13. The van der Waals surface area contributed by atoms with Crippen molar-refractivity contribution in [1.82, 2.24) is 19.9 Å². The van der Waals surface area contributed by atoms with Crippen LogP contribution < -0.4 is 4.74 Å². The van der Waals surface area contributed by atoms with Crippen LogP contribution in [0, 0.1) is 5.82 Å². The number of benzene rings is 1. The zero-order valence-electron chi connectivity index (χ0n) is 14.6. The summed E-state index contributed by atoms with van der Waals surface area (Å²) in [6, 6.07) is 6.14. The van der Waals surface area contributed by atoms with E-state index in [1.54, 1.807) is 24.4 Å². The smallest absolute Gasteiger partial charge is 0.227 e. The average Bonchev–Trinajstić information content (AvgIpc) is 3.04. The molecule has 0 saturated heterocycles. The predicted octanol–water partition coefficient (Wildman–Crippen LogP) is 2.98. The molecular formula is C19H19FN4O2. The van der Waals surface area contributed by atoms with E-state index >= 15 is 0 Å². The number of nitrogens with zero attached hydrogens (tertiary/aromatic N) is 3. The Labute approximate surface area is 150 Å². The number of hydrogen-bond acceptors (Lipinski definition) is 5. The zero-order valence-corrected chi connectivity index (χ0v) is 14.6. The number of aromatic nitrogens is 3. The van der Waals surface area contributed by atoms with Crippen LogP contribution in [0.5, 0.6) is 5.88 Å². The van der Waals surface area contributed by atoms with Crippen LogP contribution in [0.3, 0.4) is 0 Å². The van der Waals surface area contributed by atoms with Crippen LogP contribution in [0.4, 0.5) is 4.39 Å². The van der Waals surface area contributed by atoms with Gasteiger partial charge in [0.05, 0.1) is 10.9 Å². The summed E-state index contributed by atoms with van der Waals surface area (Å²) in [7, 11) is 3.85. The van der Waals surface area contributed by atoms with Gasteiger partial charge in [0.2, 0.25) is 5.88 Å². The van der Waals surface area contributed by atoms with Crippen LogP contribution in [0.1, 0.15) is 15.9 Å². The van der Waals surface area contributed by atoms with Gasteiger partial charge in [-0.25, -0.2) is 14.4 Å². The lowest BCUT2D eigenvalue weighted by molar-refractivity contribution is 0.104. The van der Waals surface area contributed by atoms with Gasteiger partial charge in [0.15, 0.2) is 5.78 Å². The van der Waals surface area contributed by atoms with Crippen molar-refractivity contribution in [3.63, 3.8) is 0 Å². The van der Waals surface area contributed by atoms with Gasteiger partial charge in [0, 0.05) is 12.7 Å². The second kappa shape index (κ2) is 7.88. The first-order chi connectivity index (χ1) is 12.5. The molecule has 134 valence electrons. The summed E-state index contributed by atoms with van der Waals surface area (Å²) in [5, 5.41) is 0.517. The molecule has 1 aromatic carbocycles. The number of carbonyl (C=O) groups is 1. The Morgan fingerprint density at radius 2 is 2.19 bits per heavy atom. The molecule has 0 saturated carbocycles. The highest BCUT2D eigenvalue weighted by Crippen LogP contribution is 2.26. The number of likely N-dealkylation sites (N-methyl/N-ethyl adjacent to an activating group) is 1. The molecule has 26 heavy (non-hydrogen) atoms. The quantitative estimate of drug-likeness (QED) is 0.522. The molecule has 3 rings (SSSR count). The molecule has 2 heterocycles. The SMILES string of the molecule is CN(C)C/C=C/C(=O)c1c[nH]c2ncnc(OCc3cccc(F)c3)c12. The lowest BCUT2D eigenvalue weighted by Gasteiger charge is -2.07. The number of fused-ring (bicyclic) bond motifs is 1. The number of aromatic amines is 1. The Morgan fingerprint density at radius 3 is 2.96 bits per heavy atom. The molecule has 0 atom stereocenters. The molecule has 0 amide bonds. The first kappa shape index (κ1) is 17.8. The fraction of sp³-hybridized carbons (Fsp3) is 0.211. The third-order valence-corrected chi connectivity index (χ3v) is 3.70. The number of carbonyl (C=O) groups excluding carboxylic acids is 1. The number of halogens is 1. The minimum absolute atomic E-state index is 0.138. The predicted molar refractivity (Wildman–Crippen MR) is 96.6 cm³/mol. The first-order valence-electron chi connectivity index (χ1n) is 8.09. The van der Waals surface area contributed by atoms with Crippen molar-refractivity contribution in [3.05, 3.63) is 65.9 Å². The lowest BCUT2D eigenvalue weighted by Crippen LogP contribution is -2.11. The molecule has 6 nitrogen and oxygen atoms in total. The highest BCUT2D eigenvalue weighted by atomic mass is 19.1. The van der Waals surface area contributed by atoms with E-state index in [9.17, 15) is 9.18 Å². The van der Waals surface area contributed by atoms with E-state index in [2.05, 4.69) is 15.0 Å². The number of nitrogens with one attached hydrogen (secondary N) is 1. The standard InChI is InChI=1S/C19H19FN4O2/c1-24(2)8-4-7-16(25)15-10-21-18-17(15)19(23-12-22-18)26-11-13-5-3-6-14(20)9-13/h3-7,9-10,12H,8,11H2,1-2H3,(H,21,22,23)/b7-4+. The largest absolute Gasteiger partial charge is 0.472 e. The second-order valence-electron chi connectivity index (χ2n) is 6.05. The van der Waals surface area contributed by atoms with Gasteiger partial charge in [-0.05, 0) is 37.9 Å². The molecule has 2 aromatic heterocycles. The van der Waals surface area contributed by atoms with Crippen LogP contribution in [0.25, 0.3) is 11.0 Å². The normalized spacial score (nSPS) is 11.5.